The molecular formula is C14H14ClNOS. The van der Waals surface area contributed by atoms with Crippen molar-refractivity contribution in [2.45, 2.75) is 19.8 Å². The Hall–Kier alpha value is -1.32. The molecule has 1 N–H and O–H groups in total. The highest BCUT2D eigenvalue weighted by molar-refractivity contribution is 7.18. The molecule has 1 amide bonds. The van der Waals surface area contributed by atoms with Crippen molar-refractivity contribution in [3.63, 3.8) is 0 Å². The van der Waals surface area contributed by atoms with Crippen LogP contribution < -0.4 is 5.32 Å². The average molecular weight is 280 g/mol. The van der Waals surface area contributed by atoms with E-state index in [4.69, 9.17) is 11.6 Å². The SMILES string of the molecule is CC(C)c1ccccc1NC(=O)c1ccc(Cl)s1. The van der Waals surface area contributed by atoms with Crippen LogP contribution in [-0.2, 0) is 0 Å². The second-order valence-electron chi connectivity index (χ2n) is 4.30. The van der Waals surface area contributed by atoms with Crippen LogP contribution in [0.15, 0.2) is 36.4 Å². The molecule has 0 unspecified atom stereocenters. The Kier molecular flexibility index (Phi) is 4.04. The minimum absolute atomic E-state index is 0.111. The quantitative estimate of drug-likeness (QED) is 0.861. The zero-order valence-electron chi connectivity index (χ0n) is 10.2. The van der Waals surface area contributed by atoms with Crippen LogP contribution in [0.25, 0.3) is 0 Å². The standard InChI is InChI=1S/C14H14ClNOS/c1-9(2)10-5-3-4-6-11(10)16-14(17)12-7-8-13(15)18-12/h3-9H,1-2H3,(H,16,17). The molecule has 0 aliphatic rings. The highest BCUT2D eigenvalue weighted by atomic mass is 35.5. The minimum Gasteiger partial charge on any atom is -0.321 e. The Morgan fingerprint density at radius 3 is 2.56 bits per heavy atom. The number of hydrogen-bond donors (Lipinski definition) is 1. The molecule has 0 aliphatic carbocycles. The number of carbonyl (C=O) groups excluding carboxylic acids is 1. The molecule has 18 heavy (non-hydrogen) atoms. The van der Waals surface area contributed by atoms with E-state index in [1.165, 1.54) is 11.3 Å². The number of rotatable bonds is 3. The number of benzene rings is 1. The minimum atomic E-state index is -0.111. The van der Waals surface area contributed by atoms with Gasteiger partial charge in [0.05, 0.1) is 9.21 Å². The predicted octanol–water partition coefficient (Wildman–Crippen LogP) is 4.78. The first kappa shape index (κ1) is 13.1. The number of thiophene rings is 1. The Balaban J connectivity index is 2.22. The van der Waals surface area contributed by atoms with Gasteiger partial charge in [-0.25, -0.2) is 0 Å². The summed E-state index contributed by atoms with van der Waals surface area (Å²) in [5.74, 6) is 0.258. The molecule has 0 bridgehead atoms. The Labute approximate surface area is 116 Å². The summed E-state index contributed by atoms with van der Waals surface area (Å²) in [6.45, 7) is 4.21. The largest absolute Gasteiger partial charge is 0.321 e. The van der Waals surface area contributed by atoms with Crippen molar-refractivity contribution in [1.29, 1.82) is 0 Å². The van der Waals surface area contributed by atoms with Crippen LogP contribution in [0.3, 0.4) is 0 Å². The van der Waals surface area contributed by atoms with Crippen molar-refractivity contribution >= 4 is 34.5 Å². The van der Waals surface area contributed by atoms with Crippen LogP contribution >= 0.6 is 22.9 Å². The van der Waals surface area contributed by atoms with Crippen LogP contribution in [0.1, 0.15) is 35.0 Å². The average Bonchev–Trinajstić information content (AvgIpc) is 2.76. The lowest BCUT2D eigenvalue weighted by molar-refractivity contribution is 0.103. The summed E-state index contributed by atoms with van der Waals surface area (Å²) >= 11 is 7.11. The monoisotopic (exact) mass is 279 g/mol. The molecule has 0 fully saturated rings. The zero-order chi connectivity index (χ0) is 13.1. The van der Waals surface area contributed by atoms with Crippen LogP contribution in [0.2, 0.25) is 4.34 Å². The van der Waals surface area contributed by atoms with E-state index in [1.54, 1.807) is 12.1 Å². The maximum Gasteiger partial charge on any atom is 0.265 e. The molecule has 2 nitrogen and oxygen atoms in total. The first-order chi connectivity index (χ1) is 8.58. The molecule has 0 saturated heterocycles. The van der Waals surface area contributed by atoms with Gasteiger partial charge in [-0.2, -0.15) is 0 Å². The molecule has 0 atom stereocenters. The van der Waals surface area contributed by atoms with Crippen molar-refractivity contribution < 1.29 is 4.79 Å². The lowest BCUT2D eigenvalue weighted by atomic mass is 10.0. The fraction of sp³-hybridized carbons (Fsp3) is 0.214. The van der Waals surface area contributed by atoms with Gasteiger partial charge in [0.1, 0.15) is 0 Å². The molecule has 0 spiro atoms. The number of para-hydroxylation sites is 1. The van der Waals surface area contributed by atoms with Gasteiger partial charge in [0.2, 0.25) is 0 Å². The van der Waals surface area contributed by atoms with Gasteiger partial charge in [0, 0.05) is 5.69 Å². The molecule has 2 rings (SSSR count). The van der Waals surface area contributed by atoms with Crippen LogP contribution in [0.4, 0.5) is 5.69 Å². The second-order valence-corrected chi connectivity index (χ2v) is 6.01. The zero-order valence-corrected chi connectivity index (χ0v) is 11.8. The van der Waals surface area contributed by atoms with Gasteiger partial charge >= 0.3 is 0 Å². The smallest absolute Gasteiger partial charge is 0.265 e. The van der Waals surface area contributed by atoms with Crippen molar-refractivity contribution in [3.8, 4) is 0 Å². The lowest BCUT2D eigenvalue weighted by Gasteiger charge is -2.12. The molecule has 1 heterocycles. The van der Waals surface area contributed by atoms with Gasteiger partial charge < -0.3 is 5.32 Å². The van der Waals surface area contributed by atoms with Crippen LogP contribution in [0, 0.1) is 0 Å². The number of carbonyl (C=O) groups is 1. The molecule has 0 aliphatic heterocycles. The molecular weight excluding hydrogens is 266 g/mol. The maximum absolute atomic E-state index is 12.0. The third kappa shape index (κ3) is 2.92. The van der Waals surface area contributed by atoms with Gasteiger partial charge in [-0.05, 0) is 29.7 Å². The summed E-state index contributed by atoms with van der Waals surface area (Å²) in [6, 6.07) is 11.3. The molecule has 1 aromatic carbocycles. The molecule has 0 radical (unpaired) electrons. The highest BCUT2D eigenvalue weighted by Crippen LogP contribution is 2.26. The topological polar surface area (TPSA) is 29.1 Å². The van der Waals surface area contributed by atoms with Gasteiger partial charge in [0.25, 0.3) is 5.91 Å². The van der Waals surface area contributed by atoms with Crippen LogP contribution in [-0.4, -0.2) is 5.91 Å². The van der Waals surface area contributed by atoms with E-state index in [-0.39, 0.29) is 5.91 Å². The molecule has 94 valence electrons. The lowest BCUT2D eigenvalue weighted by Crippen LogP contribution is -2.12. The van der Waals surface area contributed by atoms with Crippen LogP contribution in [0.5, 0.6) is 0 Å². The Bertz CT molecular complexity index is 562. The summed E-state index contributed by atoms with van der Waals surface area (Å²) < 4.78 is 0.622. The summed E-state index contributed by atoms with van der Waals surface area (Å²) in [5, 5.41) is 2.93. The van der Waals surface area contributed by atoms with E-state index in [2.05, 4.69) is 19.2 Å². The summed E-state index contributed by atoms with van der Waals surface area (Å²) in [6.07, 6.45) is 0. The van der Waals surface area contributed by atoms with E-state index >= 15 is 0 Å². The number of hydrogen-bond acceptors (Lipinski definition) is 2. The van der Waals surface area contributed by atoms with Gasteiger partial charge in [-0.15, -0.1) is 11.3 Å². The van der Waals surface area contributed by atoms with Gasteiger partial charge in [-0.3, -0.25) is 4.79 Å². The number of nitrogens with one attached hydrogen (secondary N) is 1. The Morgan fingerprint density at radius 2 is 1.94 bits per heavy atom. The van der Waals surface area contributed by atoms with E-state index in [9.17, 15) is 4.79 Å². The van der Waals surface area contributed by atoms with E-state index in [0.29, 0.717) is 15.1 Å². The normalized spacial score (nSPS) is 10.7. The first-order valence-electron chi connectivity index (χ1n) is 5.73. The molecule has 0 saturated carbocycles. The van der Waals surface area contributed by atoms with E-state index in [1.807, 2.05) is 24.3 Å². The summed E-state index contributed by atoms with van der Waals surface area (Å²) in [5.41, 5.74) is 2.00. The van der Waals surface area contributed by atoms with E-state index < -0.39 is 0 Å². The third-order valence-corrected chi connectivity index (χ3v) is 3.86. The van der Waals surface area contributed by atoms with Gasteiger partial charge in [-0.1, -0.05) is 43.6 Å². The van der Waals surface area contributed by atoms with Crippen molar-refractivity contribution in [1.82, 2.24) is 0 Å². The highest BCUT2D eigenvalue weighted by Gasteiger charge is 2.12. The third-order valence-electron chi connectivity index (χ3n) is 2.63. The molecule has 1 aromatic heterocycles. The summed E-state index contributed by atoms with van der Waals surface area (Å²) in [7, 11) is 0. The van der Waals surface area contributed by atoms with Crippen molar-refractivity contribution in [2.75, 3.05) is 5.32 Å². The fourth-order valence-electron chi connectivity index (χ4n) is 1.73. The van der Waals surface area contributed by atoms with Gasteiger partial charge in [0.15, 0.2) is 0 Å². The number of anilines is 1. The summed E-state index contributed by atoms with van der Waals surface area (Å²) in [4.78, 5) is 12.7. The predicted molar refractivity (Wildman–Crippen MR) is 77.8 cm³/mol. The maximum atomic E-state index is 12.0. The first-order valence-corrected chi connectivity index (χ1v) is 6.93. The number of halogens is 1. The second kappa shape index (κ2) is 5.55. The number of amides is 1. The van der Waals surface area contributed by atoms with E-state index in [0.717, 1.165) is 11.3 Å². The fourth-order valence-corrected chi connectivity index (χ4v) is 2.67. The Morgan fingerprint density at radius 1 is 1.22 bits per heavy atom. The molecule has 2 aromatic rings. The molecule has 4 heteroatoms. The van der Waals surface area contributed by atoms with Crippen molar-refractivity contribution in [2.24, 2.45) is 0 Å². The van der Waals surface area contributed by atoms with Crippen molar-refractivity contribution in [3.05, 3.63) is 51.2 Å².